The molecule has 1 aromatic heterocycles. The van der Waals surface area contributed by atoms with Gasteiger partial charge in [0.25, 0.3) is 5.56 Å². The third-order valence-corrected chi connectivity index (χ3v) is 8.73. The van der Waals surface area contributed by atoms with Crippen molar-refractivity contribution in [1.29, 1.82) is 0 Å². The molecule has 0 amide bonds. The minimum atomic E-state index is -0.770. The Bertz CT molecular complexity index is 1840. The van der Waals surface area contributed by atoms with Gasteiger partial charge in [-0.15, -0.1) is 0 Å². The first kappa shape index (κ1) is 30.8. The Balaban J connectivity index is 1.55. The largest absolute Gasteiger partial charge is 0.490 e. The first-order valence-electron chi connectivity index (χ1n) is 13.5. The first-order valence-corrected chi connectivity index (χ1v) is 15.9. The van der Waals surface area contributed by atoms with Gasteiger partial charge in [-0.2, -0.15) is 0 Å². The lowest BCUT2D eigenvalue weighted by Gasteiger charge is -2.23. The van der Waals surface area contributed by atoms with E-state index in [1.807, 2.05) is 62.4 Å². The van der Waals surface area contributed by atoms with Gasteiger partial charge in [0, 0.05) is 6.20 Å². The highest BCUT2D eigenvalue weighted by Crippen LogP contribution is 2.36. The van der Waals surface area contributed by atoms with Gasteiger partial charge >= 0.3 is 5.97 Å². The molecule has 0 unspecified atom stereocenters. The van der Waals surface area contributed by atoms with Gasteiger partial charge < -0.3 is 18.9 Å². The molecule has 0 saturated heterocycles. The molecule has 0 aliphatic carbocycles. The van der Waals surface area contributed by atoms with Gasteiger partial charge in [0.15, 0.2) is 16.3 Å². The van der Waals surface area contributed by atoms with E-state index in [2.05, 4.69) is 36.9 Å². The number of methoxy groups -OCH3 is 1. The van der Waals surface area contributed by atoms with Gasteiger partial charge in [0.2, 0.25) is 0 Å². The van der Waals surface area contributed by atoms with E-state index in [1.54, 1.807) is 18.2 Å². The average Bonchev–Trinajstić information content (AvgIpc) is 3.32. The Hall–Kier alpha value is -3.67. The number of benzene rings is 3. The van der Waals surface area contributed by atoms with Gasteiger partial charge in [-0.1, -0.05) is 47.7 Å². The SMILES string of the molecule is CCOc1ccc([C@@H]2C(C(=O)OC)=CN=c3s/c(=C\c4cc(Br)c(OCc5ccccc5)c(Br)c4)c(=O)n32)cc1OCC. The first-order chi connectivity index (χ1) is 20.8. The Morgan fingerprint density at radius 2 is 1.67 bits per heavy atom. The van der Waals surface area contributed by atoms with Crippen LogP contribution in [0.1, 0.15) is 36.6 Å². The monoisotopic (exact) mass is 726 g/mol. The van der Waals surface area contributed by atoms with Crippen LogP contribution in [0, 0.1) is 0 Å². The maximum atomic E-state index is 13.9. The molecular weight excluding hydrogens is 700 g/mol. The number of ether oxygens (including phenoxy) is 4. The summed E-state index contributed by atoms with van der Waals surface area (Å²) in [5.74, 6) is 1.19. The highest BCUT2D eigenvalue weighted by Gasteiger charge is 2.31. The summed E-state index contributed by atoms with van der Waals surface area (Å²) < 4.78 is 26.1. The molecular formula is C32H28Br2N2O6S. The number of esters is 1. The highest BCUT2D eigenvalue weighted by molar-refractivity contribution is 9.11. The average molecular weight is 728 g/mol. The number of rotatable bonds is 10. The van der Waals surface area contributed by atoms with E-state index in [4.69, 9.17) is 18.9 Å². The van der Waals surface area contributed by atoms with Crippen molar-refractivity contribution in [2.75, 3.05) is 20.3 Å². The lowest BCUT2D eigenvalue weighted by molar-refractivity contribution is -0.136. The predicted octanol–water partition coefficient (Wildman–Crippen LogP) is 5.92. The van der Waals surface area contributed by atoms with Crippen molar-refractivity contribution in [3.05, 3.63) is 118 Å². The summed E-state index contributed by atoms with van der Waals surface area (Å²) in [6.45, 7) is 5.07. The predicted molar refractivity (Wildman–Crippen MR) is 173 cm³/mol. The molecule has 1 atom stereocenters. The Kier molecular flexibility index (Phi) is 9.84. The second kappa shape index (κ2) is 13.7. The quantitative estimate of drug-likeness (QED) is 0.189. The van der Waals surface area contributed by atoms with E-state index in [0.29, 0.717) is 52.0 Å². The van der Waals surface area contributed by atoms with Gasteiger partial charge in [0.1, 0.15) is 12.4 Å². The summed E-state index contributed by atoms with van der Waals surface area (Å²) in [6.07, 6.45) is 3.26. The molecule has 0 bridgehead atoms. The summed E-state index contributed by atoms with van der Waals surface area (Å²) >= 11 is 8.47. The zero-order chi connectivity index (χ0) is 30.5. The molecule has 0 saturated carbocycles. The second-order valence-corrected chi connectivity index (χ2v) is 12.1. The van der Waals surface area contributed by atoms with Crippen LogP contribution < -0.4 is 29.1 Å². The zero-order valence-corrected chi connectivity index (χ0v) is 27.6. The Labute approximate surface area is 269 Å². The van der Waals surface area contributed by atoms with Gasteiger partial charge in [0.05, 0.1) is 45.4 Å². The molecule has 2 heterocycles. The molecule has 0 radical (unpaired) electrons. The molecule has 3 aromatic carbocycles. The molecule has 0 N–H and O–H groups in total. The number of hydrogen-bond acceptors (Lipinski definition) is 8. The van der Waals surface area contributed by atoms with Crippen molar-refractivity contribution in [1.82, 2.24) is 4.57 Å². The van der Waals surface area contributed by atoms with Crippen LogP contribution in [0.15, 0.2) is 91.2 Å². The van der Waals surface area contributed by atoms with Crippen molar-refractivity contribution in [3.8, 4) is 17.2 Å². The molecule has 4 aromatic rings. The molecule has 11 heteroatoms. The maximum Gasteiger partial charge on any atom is 0.337 e. The third kappa shape index (κ3) is 6.63. The number of halogens is 2. The van der Waals surface area contributed by atoms with E-state index >= 15 is 0 Å². The fourth-order valence-corrected chi connectivity index (χ4v) is 7.09. The van der Waals surface area contributed by atoms with Crippen LogP contribution in [-0.2, 0) is 16.1 Å². The highest BCUT2D eigenvalue weighted by atomic mass is 79.9. The van der Waals surface area contributed by atoms with Gasteiger partial charge in [-0.25, -0.2) is 9.79 Å². The van der Waals surface area contributed by atoms with E-state index < -0.39 is 12.0 Å². The van der Waals surface area contributed by atoms with Crippen molar-refractivity contribution in [2.45, 2.75) is 26.5 Å². The van der Waals surface area contributed by atoms with Crippen molar-refractivity contribution in [2.24, 2.45) is 4.99 Å². The van der Waals surface area contributed by atoms with Gasteiger partial charge in [-0.3, -0.25) is 9.36 Å². The van der Waals surface area contributed by atoms with Crippen LogP contribution >= 0.6 is 43.2 Å². The Morgan fingerprint density at radius 3 is 2.35 bits per heavy atom. The second-order valence-electron chi connectivity index (χ2n) is 9.34. The molecule has 222 valence electrons. The zero-order valence-electron chi connectivity index (χ0n) is 23.6. The fraction of sp³-hybridized carbons (Fsp3) is 0.219. The van der Waals surface area contributed by atoms with Gasteiger partial charge in [-0.05, 0) is 92.7 Å². The summed E-state index contributed by atoms with van der Waals surface area (Å²) in [7, 11) is 1.30. The Morgan fingerprint density at radius 1 is 0.977 bits per heavy atom. The summed E-state index contributed by atoms with van der Waals surface area (Å²) in [5.41, 5.74) is 2.44. The fourth-order valence-electron chi connectivity index (χ4n) is 4.67. The van der Waals surface area contributed by atoms with Crippen molar-refractivity contribution < 1.29 is 23.7 Å². The van der Waals surface area contributed by atoms with Crippen LogP contribution in [0.25, 0.3) is 6.08 Å². The van der Waals surface area contributed by atoms with E-state index in [1.165, 1.54) is 29.2 Å². The number of hydrogen-bond donors (Lipinski definition) is 0. The molecule has 0 spiro atoms. The number of nitrogens with zero attached hydrogens (tertiary/aromatic N) is 2. The number of carbonyl (C=O) groups excluding carboxylic acids is 1. The van der Waals surface area contributed by atoms with Crippen LogP contribution in [0.5, 0.6) is 17.2 Å². The summed E-state index contributed by atoms with van der Waals surface area (Å²) in [5, 5.41) is 0. The maximum absolute atomic E-state index is 13.9. The molecule has 8 nitrogen and oxygen atoms in total. The molecule has 1 aliphatic heterocycles. The molecule has 43 heavy (non-hydrogen) atoms. The smallest absolute Gasteiger partial charge is 0.337 e. The standard InChI is InChI=1S/C32H28Br2N2O6S/c1-4-40-25-12-11-21(16-26(25)41-5-2)28-22(31(38)39-3)17-35-32-36(28)30(37)27(43-32)15-20-13-23(33)29(24(34)14-20)42-18-19-9-7-6-8-10-19/h6-17,28H,4-5,18H2,1-3H3/b27-15-/t28-/m1/s1. The molecule has 0 fully saturated rings. The number of thiazole rings is 1. The normalized spacial score (nSPS) is 14.4. The lowest BCUT2D eigenvalue weighted by Crippen LogP contribution is -2.39. The summed E-state index contributed by atoms with van der Waals surface area (Å²) in [4.78, 5) is 31.7. The van der Waals surface area contributed by atoms with Crippen LogP contribution in [0.3, 0.4) is 0 Å². The topological polar surface area (TPSA) is 88.4 Å². The molecule has 5 rings (SSSR count). The molecule has 1 aliphatic rings. The van der Waals surface area contributed by atoms with Crippen LogP contribution in [-0.4, -0.2) is 30.9 Å². The van der Waals surface area contributed by atoms with E-state index in [9.17, 15) is 9.59 Å². The third-order valence-electron chi connectivity index (χ3n) is 6.55. The van der Waals surface area contributed by atoms with Crippen LogP contribution in [0.2, 0.25) is 0 Å². The number of carbonyl (C=O) groups is 1. The number of aromatic nitrogens is 1. The van der Waals surface area contributed by atoms with Crippen molar-refractivity contribution in [3.63, 3.8) is 0 Å². The van der Waals surface area contributed by atoms with Crippen LogP contribution in [0.4, 0.5) is 0 Å². The minimum absolute atomic E-state index is 0.235. The lowest BCUT2D eigenvalue weighted by atomic mass is 9.97. The van der Waals surface area contributed by atoms with E-state index in [-0.39, 0.29) is 11.1 Å². The summed E-state index contributed by atoms with van der Waals surface area (Å²) in [6, 6.07) is 18.3. The van der Waals surface area contributed by atoms with E-state index in [0.717, 1.165) is 20.1 Å². The number of fused-ring (bicyclic) bond motifs is 1. The minimum Gasteiger partial charge on any atom is -0.490 e. The van der Waals surface area contributed by atoms with Crippen molar-refractivity contribution >= 4 is 55.2 Å².